The number of rotatable bonds is 10. The molecule has 6 nitrogen and oxygen atoms in total. The predicted octanol–water partition coefficient (Wildman–Crippen LogP) is 4.42. The van der Waals surface area contributed by atoms with Gasteiger partial charge < -0.3 is 19.2 Å². The van der Waals surface area contributed by atoms with Crippen molar-refractivity contribution in [2.24, 2.45) is 0 Å². The molecule has 0 spiro atoms. The second-order valence-corrected chi connectivity index (χ2v) is 7.28. The standard InChI is InChI=1S/C23H32N2O4/c1-3-14-28-21-11-10-18(16-22(21)27-4-2)23(26)24-17-19(20-9-8-15-29-20)25-12-6-5-7-13-25/h8-11,15-16,19H,3-7,12-14,17H2,1-2H3,(H,24,26). The zero-order valence-corrected chi connectivity index (χ0v) is 17.5. The van der Waals surface area contributed by atoms with Gasteiger partial charge in [-0.15, -0.1) is 0 Å². The first-order valence-corrected chi connectivity index (χ1v) is 10.7. The van der Waals surface area contributed by atoms with Crippen LogP contribution < -0.4 is 14.8 Å². The summed E-state index contributed by atoms with van der Waals surface area (Å²) in [6, 6.07) is 9.28. The van der Waals surface area contributed by atoms with Crippen molar-refractivity contribution >= 4 is 5.91 Å². The SMILES string of the molecule is CCCOc1ccc(C(=O)NCC(c2ccco2)N2CCCCC2)cc1OCC. The van der Waals surface area contributed by atoms with E-state index in [9.17, 15) is 4.79 Å². The summed E-state index contributed by atoms with van der Waals surface area (Å²) in [7, 11) is 0. The lowest BCUT2D eigenvalue weighted by molar-refractivity contribution is 0.0913. The van der Waals surface area contributed by atoms with Crippen LogP contribution in [0, 0.1) is 0 Å². The first-order valence-electron chi connectivity index (χ1n) is 10.7. The molecule has 0 aliphatic carbocycles. The molecule has 1 N–H and O–H groups in total. The highest BCUT2D eigenvalue weighted by Crippen LogP contribution is 2.29. The number of carbonyl (C=O) groups is 1. The Hall–Kier alpha value is -2.47. The van der Waals surface area contributed by atoms with Crippen LogP contribution in [0.3, 0.4) is 0 Å². The molecule has 1 aliphatic heterocycles. The maximum atomic E-state index is 12.8. The lowest BCUT2D eigenvalue weighted by Crippen LogP contribution is -2.40. The van der Waals surface area contributed by atoms with Crippen LogP contribution in [0.1, 0.15) is 61.7 Å². The Kier molecular flexibility index (Phi) is 7.99. The molecule has 29 heavy (non-hydrogen) atoms. The molecule has 158 valence electrons. The van der Waals surface area contributed by atoms with Crippen LogP contribution in [0.2, 0.25) is 0 Å². The Labute approximate surface area is 173 Å². The van der Waals surface area contributed by atoms with Crippen molar-refractivity contribution in [3.05, 3.63) is 47.9 Å². The average molecular weight is 401 g/mol. The number of hydrogen-bond donors (Lipinski definition) is 1. The smallest absolute Gasteiger partial charge is 0.251 e. The second kappa shape index (κ2) is 10.9. The Morgan fingerprint density at radius 1 is 1.14 bits per heavy atom. The van der Waals surface area contributed by atoms with Gasteiger partial charge in [0.1, 0.15) is 5.76 Å². The molecule has 3 rings (SSSR count). The van der Waals surface area contributed by atoms with Crippen LogP contribution in [0.15, 0.2) is 41.0 Å². The fourth-order valence-corrected chi connectivity index (χ4v) is 3.66. The van der Waals surface area contributed by atoms with Gasteiger partial charge in [0.05, 0.1) is 25.5 Å². The molecule has 1 amide bonds. The highest BCUT2D eigenvalue weighted by atomic mass is 16.5. The van der Waals surface area contributed by atoms with Gasteiger partial charge in [-0.1, -0.05) is 13.3 Å². The number of ether oxygens (including phenoxy) is 2. The van der Waals surface area contributed by atoms with Gasteiger partial charge in [-0.3, -0.25) is 9.69 Å². The maximum Gasteiger partial charge on any atom is 0.251 e. The van der Waals surface area contributed by atoms with E-state index in [2.05, 4.69) is 17.1 Å². The van der Waals surface area contributed by atoms with Gasteiger partial charge in [-0.05, 0) is 69.6 Å². The third kappa shape index (κ3) is 5.76. The van der Waals surface area contributed by atoms with Crippen molar-refractivity contribution in [1.82, 2.24) is 10.2 Å². The van der Waals surface area contributed by atoms with Gasteiger partial charge in [0.15, 0.2) is 11.5 Å². The van der Waals surface area contributed by atoms with Gasteiger partial charge in [0, 0.05) is 12.1 Å². The van der Waals surface area contributed by atoms with Crippen LogP contribution in [-0.2, 0) is 0 Å². The molecule has 1 aliphatic rings. The van der Waals surface area contributed by atoms with Crippen LogP contribution in [0.4, 0.5) is 0 Å². The largest absolute Gasteiger partial charge is 0.490 e. The summed E-state index contributed by atoms with van der Waals surface area (Å²) >= 11 is 0. The summed E-state index contributed by atoms with van der Waals surface area (Å²) in [6.07, 6.45) is 6.24. The molecule has 0 radical (unpaired) electrons. The topological polar surface area (TPSA) is 63.9 Å². The van der Waals surface area contributed by atoms with E-state index in [1.807, 2.05) is 25.1 Å². The van der Waals surface area contributed by atoms with Crippen molar-refractivity contribution in [2.45, 2.75) is 45.6 Å². The van der Waals surface area contributed by atoms with Gasteiger partial charge in [0.25, 0.3) is 5.91 Å². The van der Waals surface area contributed by atoms with Crippen LogP contribution >= 0.6 is 0 Å². The summed E-state index contributed by atoms with van der Waals surface area (Å²) in [5.41, 5.74) is 0.564. The van der Waals surface area contributed by atoms with Crippen LogP contribution in [-0.4, -0.2) is 43.7 Å². The lowest BCUT2D eigenvalue weighted by Gasteiger charge is -2.33. The van der Waals surface area contributed by atoms with Crippen LogP contribution in [0.25, 0.3) is 0 Å². The molecule has 2 heterocycles. The fourth-order valence-electron chi connectivity index (χ4n) is 3.66. The molecule has 2 aromatic rings. The van der Waals surface area contributed by atoms with E-state index in [4.69, 9.17) is 13.9 Å². The van der Waals surface area contributed by atoms with E-state index in [0.717, 1.165) is 25.3 Å². The number of nitrogens with zero attached hydrogens (tertiary/aromatic N) is 1. The van der Waals surface area contributed by atoms with E-state index < -0.39 is 0 Å². The molecule has 1 aromatic carbocycles. The van der Waals surface area contributed by atoms with E-state index >= 15 is 0 Å². The van der Waals surface area contributed by atoms with E-state index in [0.29, 0.717) is 36.8 Å². The Morgan fingerprint density at radius 3 is 2.66 bits per heavy atom. The first-order chi connectivity index (χ1) is 14.2. The minimum Gasteiger partial charge on any atom is -0.490 e. The number of likely N-dealkylation sites (tertiary alicyclic amines) is 1. The summed E-state index contributed by atoms with van der Waals surface area (Å²) in [6.45, 7) is 7.67. The van der Waals surface area contributed by atoms with Crippen molar-refractivity contribution in [3.63, 3.8) is 0 Å². The van der Waals surface area contributed by atoms with Crippen LogP contribution in [0.5, 0.6) is 11.5 Å². The number of amides is 1. The highest BCUT2D eigenvalue weighted by molar-refractivity contribution is 5.94. The van der Waals surface area contributed by atoms with Gasteiger partial charge in [-0.25, -0.2) is 0 Å². The molecule has 1 fully saturated rings. The Balaban J connectivity index is 1.68. The predicted molar refractivity (Wildman–Crippen MR) is 113 cm³/mol. The number of benzene rings is 1. The average Bonchev–Trinajstić information content (AvgIpc) is 3.28. The molecular weight excluding hydrogens is 368 g/mol. The highest BCUT2D eigenvalue weighted by Gasteiger charge is 2.25. The normalized spacial score (nSPS) is 15.7. The number of nitrogens with one attached hydrogen (secondary N) is 1. The molecule has 0 saturated carbocycles. The molecule has 6 heteroatoms. The van der Waals surface area contributed by atoms with E-state index in [1.54, 1.807) is 18.4 Å². The second-order valence-electron chi connectivity index (χ2n) is 7.28. The number of furan rings is 1. The zero-order valence-electron chi connectivity index (χ0n) is 17.5. The molecule has 1 saturated heterocycles. The van der Waals surface area contributed by atoms with Gasteiger partial charge in [0.2, 0.25) is 0 Å². The summed E-state index contributed by atoms with van der Waals surface area (Å²) < 4.78 is 17.1. The van der Waals surface area contributed by atoms with Crippen molar-refractivity contribution in [1.29, 1.82) is 0 Å². The third-order valence-electron chi connectivity index (χ3n) is 5.13. The molecule has 1 aromatic heterocycles. The fraction of sp³-hybridized carbons (Fsp3) is 0.522. The molecule has 1 atom stereocenters. The minimum atomic E-state index is -0.124. The van der Waals surface area contributed by atoms with Crippen molar-refractivity contribution < 1.29 is 18.7 Å². The number of hydrogen-bond acceptors (Lipinski definition) is 5. The number of carbonyl (C=O) groups excluding carboxylic acids is 1. The minimum absolute atomic E-state index is 0.0489. The quantitative estimate of drug-likeness (QED) is 0.639. The van der Waals surface area contributed by atoms with E-state index in [1.165, 1.54) is 19.3 Å². The lowest BCUT2D eigenvalue weighted by atomic mass is 10.1. The van der Waals surface area contributed by atoms with Gasteiger partial charge >= 0.3 is 0 Å². The van der Waals surface area contributed by atoms with Crippen molar-refractivity contribution in [2.75, 3.05) is 32.8 Å². The van der Waals surface area contributed by atoms with Gasteiger partial charge in [-0.2, -0.15) is 0 Å². The molecular formula is C23H32N2O4. The third-order valence-corrected chi connectivity index (χ3v) is 5.13. The number of piperidine rings is 1. The summed E-state index contributed by atoms with van der Waals surface area (Å²) in [5.74, 6) is 2.05. The first kappa shape index (κ1) is 21.2. The van der Waals surface area contributed by atoms with E-state index in [-0.39, 0.29) is 11.9 Å². The maximum absolute atomic E-state index is 12.8. The summed E-state index contributed by atoms with van der Waals surface area (Å²) in [4.78, 5) is 15.2. The van der Waals surface area contributed by atoms with Crippen molar-refractivity contribution in [3.8, 4) is 11.5 Å². The molecule has 0 bridgehead atoms. The monoisotopic (exact) mass is 400 g/mol. The molecule has 1 unspecified atom stereocenters. The Morgan fingerprint density at radius 2 is 1.97 bits per heavy atom. The summed E-state index contributed by atoms with van der Waals surface area (Å²) in [5, 5.41) is 3.08. The Bertz CT molecular complexity index is 754. The zero-order chi connectivity index (χ0) is 20.5.